The Morgan fingerprint density at radius 2 is 1.47 bits per heavy atom. The lowest BCUT2D eigenvalue weighted by Crippen LogP contribution is -2.49. The van der Waals surface area contributed by atoms with Crippen molar-refractivity contribution in [3.8, 4) is 5.75 Å². The van der Waals surface area contributed by atoms with E-state index in [4.69, 9.17) is 4.74 Å². The quantitative estimate of drug-likeness (QED) is 0.236. The van der Waals surface area contributed by atoms with Crippen molar-refractivity contribution in [2.24, 2.45) is 0 Å². The van der Waals surface area contributed by atoms with Gasteiger partial charge in [-0.25, -0.2) is 9.59 Å². The zero-order chi connectivity index (χ0) is 26.5. The molecule has 0 aromatic heterocycles. The number of ether oxygens (including phenoxy) is 1. The third-order valence-corrected chi connectivity index (χ3v) is 4.82. The zero-order valence-corrected chi connectivity index (χ0v) is 19.5. The smallest absolute Gasteiger partial charge is 0.408 e. The van der Waals surface area contributed by atoms with Gasteiger partial charge in [-0.1, -0.05) is 42.5 Å². The molecule has 0 fully saturated rings. The second kappa shape index (κ2) is 13.9. The molecule has 0 aliphatic rings. The normalized spacial score (nSPS) is 11.9. The first kappa shape index (κ1) is 27.6. The van der Waals surface area contributed by atoms with Crippen LogP contribution in [0.25, 0.3) is 0 Å². The van der Waals surface area contributed by atoms with Crippen molar-refractivity contribution in [3.05, 3.63) is 65.7 Å². The van der Waals surface area contributed by atoms with Gasteiger partial charge in [-0.05, 0) is 30.2 Å². The Labute approximate surface area is 207 Å². The van der Waals surface area contributed by atoms with Gasteiger partial charge in [0.05, 0.1) is 13.1 Å². The molecule has 0 bridgehead atoms. The minimum atomic E-state index is -1.27. The molecule has 12 heteroatoms. The largest absolute Gasteiger partial charge is 0.508 e. The fourth-order valence-corrected chi connectivity index (χ4v) is 2.88. The summed E-state index contributed by atoms with van der Waals surface area (Å²) in [7, 11) is 0. The molecule has 0 unspecified atom stereocenters. The maximum absolute atomic E-state index is 12.1. The minimum absolute atomic E-state index is 0.0238. The van der Waals surface area contributed by atoms with Crippen LogP contribution in [0.2, 0.25) is 0 Å². The predicted molar refractivity (Wildman–Crippen MR) is 127 cm³/mol. The van der Waals surface area contributed by atoms with Crippen LogP contribution in [-0.4, -0.2) is 65.2 Å². The van der Waals surface area contributed by atoms with E-state index in [0.717, 1.165) is 5.56 Å². The van der Waals surface area contributed by atoms with Gasteiger partial charge >= 0.3 is 12.1 Å². The van der Waals surface area contributed by atoms with Crippen LogP contribution in [0.1, 0.15) is 18.1 Å². The van der Waals surface area contributed by atoms with Crippen LogP contribution in [0.4, 0.5) is 4.79 Å². The summed E-state index contributed by atoms with van der Waals surface area (Å²) in [5.74, 6) is -3.32. The van der Waals surface area contributed by atoms with Gasteiger partial charge in [0.2, 0.25) is 17.7 Å². The lowest BCUT2D eigenvalue weighted by atomic mass is 10.1. The third kappa shape index (κ3) is 10.1. The Balaban J connectivity index is 1.67. The first-order chi connectivity index (χ1) is 17.1. The number of alkyl carbamates (subject to hydrolysis) is 1. The number of amides is 4. The molecule has 12 nitrogen and oxygen atoms in total. The van der Waals surface area contributed by atoms with Crippen molar-refractivity contribution in [1.82, 2.24) is 21.3 Å². The van der Waals surface area contributed by atoms with Crippen LogP contribution in [-0.2, 0) is 36.9 Å². The highest BCUT2D eigenvalue weighted by Crippen LogP contribution is 2.11. The maximum Gasteiger partial charge on any atom is 0.408 e. The number of nitrogens with one attached hydrogen (secondary N) is 4. The number of rotatable bonds is 12. The lowest BCUT2D eigenvalue weighted by molar-refractivity contribution is -0.141. The first-order valence-corrected chi connectivity index (χ1v) is 11.0. The SMILES string of the molecule is C[C@H](NC(=O)OCc1ccccc1)C(=O)NCC(=O)NCC(=O)N[C@@H](Cc1ccc(O)cc1)C(=O)O. The number of aromatic hydroxyl groups is 1. The first-order valence-electron chi connectivity index (χ1n) is 11.0. The molecule has 2 aromatic carbocycles. The Bertz CT molecular complexity index is 1060. The minimum Gasteiger partial charge on any atom is -0.508 e. The molecular weight excluding hydrogens is 472 g/mol. The van der Waals surface area contributed by atoms with E-state index >= 15 is 0 Å². The average molecular weight is 501 g/mol. The molecule has 4 amide bonds. The number of phenols is 1. The fraction of sp³-hybridized carbons (Fsp3) is 0.292. The van der Waals surface area contributed by atoms with Crippen LogP contribution in [0.15, 0.2) is 54.6 Å². The van der Waals surface area contributed by atoms with Crippen molar-refractivity contribution in [2.75, 3.05) is 13.1 Å². The van der Waals surface area contributed by atoms with Crippen LogP contribution in [0.5, 0.6) is 5.75 Å². The summed E-state index contributed by atoms with van der Waals surface area (Å²) in [5.41, 5.74) is 1.36. The van der Waals surface area contributed by atoms with Crippen LogP contribution in [0, 0.1) is 0 Å². The molecule has 0 heterocycles. The van der Waals surface area contributed by atoms with Gasteiger partial charge in [0, 0.05) is 6.42 Å². The number of benzene rings is 2. The highest BCUT2D eigenvalue weighted by atomic mass is 16.5. The Hall–Kier alpha value is -4.61. The highest BCUT2D eigenvalue weighted by molar-refractivity contribution is 5.91. The van der Waals surface area contributed by atoms with E-state index < -0.39 is 55.0 Å². The zero-order valence-electron chi connectivity index (χ0n) is 19.5. The van der Waals surface area contributed by atoms with Gasteiger partial charge in [0.25, 0.3) is 0 Å². The summed E-state index contributed by atoms with van der Waals surface area (Å²) in [6, 6.07) is 12.6. The van der Waals surface area contributed by atoms with Crippen molar-refractivity contribution in [3.63, 3.8) is 0 Å². The number of phenolic OH excluding ortho intramolecular Hbond substituents is 1. The Morgan fingerprint density at radius 1 is 0.833 bits per heavy atom. The standard InChI is InChI=1S/C24H28N4O8/c1-15(27-24(35)36-14-17-5-3-2-4-6-17)22(32)26-12-20(30)25-13-21(31)28-19(23(33)34)11-16-7-9-18(29)10-8-16/h2-10,15,19,29H,11-14H2,1H3,(H,25,30)(H,26,32)(H,27,35)(H,28,31)(H,33,34)/t15-,19-/m0/s1. The molecule has 0 radical (unpaired) electrons. The van der Waals surface area contributed by atoms with Gasteiger partial charge < -0.3 is 36.2 Å². The van der Waals surface area contributed by atoms with E-state index in [-0.39, 0.29) is 18.8 Å². The second-order valence-electron chi connectivity index (χ2n) is 7.75. The Morgan fingerprint density at radius 3 is 2.11 bits per heavy atom. The number of carboxylic acids is 1. The van der Waals surface area contributed by atoms with E-state index in [9.17, 15) is 34.2 Å². The van der Waals surface area contributed by atoms with E-state index in [0.29, 0.717) is 5.56 Å². The lowest BCUT2D eigenvalue weighted by Gasteiger charge is -2.16. The molecule has 6 N–H and O–H groups in total. The number of hydrogen-bond donors (Lipinski definition) is 6. The van der Waals surface area contributed by atoms with Crippen LogP contribution >= 0.6 is 0 Å². The van der Waals surface area contributed by atoms with Crippen LogP contribution < -0.4 is 21.3 Å². The topological polar surface area (TPSA) is 183 Å². The van der Waals surface area contributed by atoms with E-state index in [2.05, 4.69) is 21.3 Å². The summed E-state index contributed by atoms with van der Waals surface area (Å²) >= 11 is 0. The molecule has 0 spiro atoms. The van der Waals surface area contributed by atoms with Crippen molar-refractivity contribution < 1.29 is 38.9 Å². The van der Waals surface area contributed by atoms with E-state index in [1.807, 2.05) is 6.07 Å². The molecule has 0 aliphatic carbocycles. The summed E-state index contributed by atoms with van der Waals surface area (Å²) in [4.78, 5) is 59.4. The van der Waals surface area contributed by atoms with Gasteiger partial charge in [-0.15, -0.1) is 0 Å². The molecule has 2 aromatic rings. The van der Waals surface area contributed by atoms with Gasteiger partial charge in [-0.3, -0.25) is 14.4 Å². The molecule has 2 rings (SSSR count). The molecule has 2 atom stereocenters. The number of aliphatic carboxylic acids is 1. The van der Waals surface area contributed by atoms with Gasteiger partial charge in [0.1, 0.15) is 24.4 Å². The summed E-state index contributed by atoms with van der Waals surface area (Å²) in [5, 5.41) is 27.8. The Kier molecular flexibility index (Phi) is 10.7. The van der Waals surface area contributed by atoms with Crippen molar-refractivity contribution >= 4 is 29.8 Å². The molecular formula is C24H28N4O8. The molecule has 192 valence electrons. The van der Waals surface area contributed by atoms with Gasteiger partial charge in [-0.2, -0.15) is 0 Å². The monoisotopic (exact) mass is 500 g/mol. The highest BCUT2D eigenvalue weighted by Gasteiger charge is 2.21. The van der Waals surface area contributed by atoms with Crippen molar-refractivity contribution in [2.45, 2.75) is 32.0 Å². The fourth-order valence-electron chi connectivity index (χ4n) is 2.88. The molecule has 36 heavy (non-hydrogen) atoms. The summed E-state index contributed by atoms with van der Waals surface area (Å²) in [6.07, 6.45) is -0.827. The number of carboxylic acid groups (broad SMARTS) is 1. The second-order valence-corrected chi connectivity index (χ2v) is 7.75. The number of carbonyl (C=O) groups excluding carboxylic acids is 4. The maximum atomic E-state index is 12.1. The third-order valence-electron chi connectivity index (χ3n) is 4.82. The average Bonchev–Trinajstić information content (AvgIpc) is 2.86. The summed E-state index contributed by atoms with van der Waals surface area (Å²) in [6.45, 7) is 0.467. The summed E-state index contributed by atoms with van der Waals surface area (Å²) < 4.78 is 5.02. The van der Waals surface area contributed by atoms with Gasteiger partial charge in [0.15, 0.2) is 0 Å². The molecule has 0 aliphatic heterocycles. The predicted octanol–water partition coefficient (Wildman–Crippen LogP) is 0.0514. The number of carbonyl (C=O) groups is 5. The van der Waals surface area contributed by atoms with Crippen molar-refractivity contribution in [1.29, 1.82) is 0 Å². The van der Waals surface area contributed by atoms with Crippen LogP contribution in [0.3, 0.4) is 0 Å². The van der Waals surface area contributed by atoms with E-state index in [1.165, 1.54) is 31.2 Å². The molecule has 0 saturated carbocycles. The van der Waals surface area contributed by atoms with E-state index in [1.54, 1.807) is 24.3 Å². The molecule has 0 saturated heterocycles. The number of hydrogen-bond acceptors (Lipinski definition) is 7.